The number of amides is 1. The van der Waals surface area contributed by atoms with Crippen molar-refractivity contribution < 1.29 is 14.3 Å². The van der Waals surface area contributed by atoms with Crippen LogP contribution in [0.25, 0.3) is 0 Å². The number of carbonyl (C=O) groups is 1. The van der Waals surface area contributed by atoms with Gasteiger partial charge in [0.15, 0.2) is 11.5 Å². The zero-order valence-electron chi connectivity index (χ0n) is 14.7. The molecule has 1 atom stereocenters. The van der Waals surface area contributed by atoms with Gasteiger partial charge in [-0.05, 0) is 24.3 Å². The summed E-state index contributed by atoms with van der Waals surface area (Å²) in [5, 5.41) is 0. The molecule has 1 unspecified atom stereocenters. The van der Waals surface area contributed by atoms with Crippen molar-refractivity contribution in [2.24, 2.45) is 0 Å². The van der Waals surface area contributed by atoms with Crippen LogP contribution in [-0.2, 0) is 11.2 Å². The zero-order valence-corrected chi connectivity index (χ0v) is 14.7. The second kappa shape index (κ2) is 7.74. The van der Waals surface area contributed by atoms with Crippen LogP contribution < -0.4 is 9.47 Å². The van der Waals surface area contributed by atoms with Crippen LogP contribution in [0.15, 0.2) is 48.7 Å². The van der Waals surface area contributed by atoms with E-state index >= 15 is 0 Å². The zero-order chi connectivity index (χ0) is 17.8. The van der Waals surface area contributed by atoms with Gasteiger partial charge >= 0.3 is 0 Å². The average Bonchev–Trinajstić information content (AvgIpc) is 2.72. The molecule has 0 aliphatic carbocycles. The predicted molar refractivity (Wildman–Crippen MR) is 97.3 cm³/mol. The van der Waals surface area contributed by atoms with E-state index in [1.165, 1.54) is 0 Å². The third kappa shape index (κ3) is 3.80. The van der Waals surface area contributed by atoms with Gasteiger partial charge in [0, 0.05) is 51.0 Å². The number of para-hydroxylation sites is 2. The van der Waals surface area contributed by atoms with Crippen LogP contribution in [0.5, 0.6) is 11.5 Å². The van der Waals surface area contributed by atoms with E-state index in [1.807, 2.05) is 47.5 Å². The van der Waals surface area contributed by atoms with E-state index in [9.17, 15) is 4.79 Å². The topological polar surface area (TPSA) is 54.9 Å². The van der Waals surface area contributed by atoms with Crippen LogP contribution in [0.1, 0.15) is 5.69 Å². The van der Waals surface area contributed by atoms with Gasteiger partial charge in [-0.2, -0.15) is 0 Å². The molecule has 136 valence electrons. The number of ether oxygens (including phenoxy) is 2. The van der Waals surface area contributed by atoms with Crippen molar-refractivity contribution in [3.05, 3.63) is 54.4 Å². The summed E-state index contributed by atoms with van der Waals surface area (Å²) >= 11 is 0. The van der Waals surface area contributed by atoms with Crippen LogP contribution >= 0.6 is 0 Å². The molecule has 4 rings (SSSR count). The van der Waals surface area contributed by atoms with Gasteiger partial charge in [0.05, 0.1) is 0 Å². The molecule has 0 saturated carbocycles. The van der Waals surface area contributed by atoms with Crippen molar-refractivity contribution in [1.82, 2.24) is 14.8 Å². The van der Waals surface area contributed by atoms with Crippen molar-refractivity contribution in [3.8, 4) is 11.5 Å². The van der Waals surface area contributed by atoms with E-state index in [1.54, 1.807) is 0 Å². The molecule has 1 aromatic heterocycles. The highest BCUT2D eigenvalue weighted by Gasteiger charge is 2.32. The number of pyridine rings is 1. The molecule has 6 heteroatoms. The number of piperazine rings is 1. The third-order valence-electron chi connectivity index (χ3n) is 4.88. The summed E-state index contributed by atoms with van der Waals surface area (Å²) < 4.78 is 11.5. The molecule has 0 bridgehead atoms. The molecule has 1 fully saturated rings. The fraction of sp³-hybridized carbons (Fsp3) is 0.400. The molecule has 2 aromatic rings. The summed E-state index contributed by atoms with van der Waals surface area (Å²) in [6.07, 6.45) is 2.21. The number of aromatic nitrogens is 1. The molecule has 1 aromatic carbocycles. The fourth-order valence-corrected chi connectivity index (χ4v) is 3.36. The van der Waals surface area contributed by atoms with Gasteiger partial charge in [0.2, 0.25) is 6.10 Å². The SMILES string of the molecule is O=C(C1COc2ccccc2O1)N1CCN(CCc2ccccn2)CC1. The molecular weight excluding hydrogens is 330 g/mol. The van der Waals surface area contributed by atoms with Crippen LogP contribution in [0, 0.1) is 0 Å². The molecule has 1 amide bonds. The van der Waals surface area contributed by atoms with Gasteiger partial charge in [-0.15, -0.1) is 0 Å². The molecular formula is C20H23N3O3. The first-order valence-corrected chi connectivity index (χ1v) is 9.09. The highest BCUT2D eigenvalue weighted by atomic mass is 16.6. The van der Waals surface area contributed by atoms with E-state index in [0.29, 0.717) is 11.5 Å². The minimum absolute atomic E-state index is 0.0175. The molecule has 3 heterocycles. The first kappa shape index (κ1) is 16.8. The standard InChI is InChI=1S/C20H23N3O3/c24-20(19-15-25-17-6-1-2-7-18(17)26-19)23-13-11-22(12-14-23)10-8-16-5-3-4-9-21-16/h1-7,9,19H,8,10-15H2. The lowest BCUT2D eigenvalue weighted by Crippen LogP contribution is -2.54. The van der Waals surface area contributed by atoms with E-state index in [-0.39, 0.29) is 12.5 Å². The van der Waals surface area contributed by atoms with Crippen LogP contribution in [-0.4, -0.2) is 66.1 Å². The third-order valence-corrected chi connectivity index (χ3v) is 4.88. The number of carbonyl (C=O) groups excluding carboxylic acids is 1. The van der Waals surface area contributed by atoms with E-state index < -0.39 is 6.10 Å². The van der Waals surface area contributed by atoms with Gasteiger partial charge in [-0.3, -0.25) is 14.7 Å². The molecule has 0 N–H and O–H groups in total. The summed E-state index contributed by atoms with van der Waals surface area (Å²) in [6.45, 7) is 4.45. The minimum atomic E-state index is -0.551. The molecule has 26 heavy (non-hydrogen) atoms. The summed E-state index contributed by atoms with van der Waals surface area (Å²) in [4.78, 5) is 21.4. The van der Waals surface area contributed by atoms with Crippen molar-refractivity contribution in [1.29, 1.82) is 0 Å². The molecule has 6 nitrogen and oxygen atoms in total. The maximum Gasteiger partial charge on any atom is 0.267 e. The Morgan fingerprint density at radius 3 is 2.58 bits per heavy atom. The lowest BCUT2D eigenvalue weighted by Gasteiger charge is -2.37. The molecule has 1 saturated heterocycles. The Kier molecular flexibility index (Phi) is 5.02. The molecule has 0 radical (unpaired) electrons. The largest absolute Gasteiger partial charge is 0.485 e. The number of rotatable bonds is 4. The summed E-state index contributed by atoms with van der Waals surface area (Å²) in [5.74, 6) is 1.37. The van der Waals surface area contributed by atoms with Gasteiger partial charge in [0.1, 0.15) is 6.61 Å². The van der Waals surface area contributed by atoms with Crippen molar-refractivity contribution in [3.63, 3.8) is 0 Å². The lowest BCUT2D eigenvalue weighted by molar-refractivity contribution is -0.143. The first-order valence-electron chi connectivity index (χ1n) is 9.09. The highest BCUT2D eigenvalue weighted by Crippen LogP contribution is 2.31. The van der Waals surface area contributed by atoms with Gasteiger partial charge in [0.25, 0.3) is 5.91 Å². The summed E-state index contributed by atoms with van der Waals surface area (Å²) in [7, 11) is 0. The summed E-state index contributed by atoms with van der Waals surface area (Å²) in [5.41, 5.74) is 1.11. The maximum absolute atomic E-state index is 12.7. The van der Waals surface area contributed by atoms with Crippen LogP contribution in [0.3, 0.4) is 0 Å². The normalized spacial score (nSPS) is 20.0. The number of benzene rings is 1. The Morgan fingerprint density at radius 2 is 1.81 bits per heavy atom. The maximum atomic E-state index is 12.7. The Hall–Kier alpha value is -2.60. The number of hydrogen-bond acceptors (Lipinski definition) is 5. The van der Waals surface area contributed by atoms with E-state index in [2.05, 4.69) is 16.0 Å². The fourth-order valence-electron chi connectivity index (χ4n) is 3.36. The van der Waals surface area contributed by atoms with E-state index in [0.717, 1.165) is 44.8 Å². The van der Waals surface area contributed by atoms with Gasteiger partial charge in [-0.1, -0.05) is 18.2 Å². The van der Waals surface area contributed by atoms with Crippen molar-refractivity contribution in [2.75, 3.05) is 39.3 Å². The Balaban J connectivity index is 1.26. The Morgan fingerprint density at radius 1 is 1.04 bits per heavy atom. The van der Waals surface area contributed by atoms with Crippen molar-refractivity contribution in [2.45, 2.75) is 12.5 Å². The lowest BCUT2D eigenvalue weighted by atomic mass is 10.2. The number of nitrogens with zero attached hydrogens (tertiary/aromatic N) is 3. The van der Waals surface area contributed by atoms with Gasteiger partial charge in [-0.25, -0.2) is 0 Å². The minimum Gasteiger partial charge on any atom is -0.485 e. The smallest absolute Gasteiger partial charge is 0.267 e. The number of hydrogen-bond donors (Lipinski definition) is 0. The monoisotopic (exact) mass is 353 g/mol. The quantitative estimate of drug-likeness (QED) is 0.836. The molecule has 2 aliphatic heterocycles. The first-order chi connectivity index (χ1) is 12.8. The highest BCUT2D eigenvalue weighted by molar-refractivity contribution is 5.82. The molecule has 2 aliphatic rings. The van der Waals surface area contributed by atoms with Crippen molar-refractivity contribution >= 4 is 5.91 Å². The summed E-state index contributed by atoms with van der Waals surface area (Å²) in [6, 6.07) is 13.5. The number of fused-ring (bicyclic) bond motifs is 1. The second-order valence-corrected chi connectivity index (χ2v) is 6.60. The molecule has 0 spiro atoms. The van der Waals surface area contributed by atoms with Crippen LogP contribution in [0.4, 0.5) is 0 Å². The van der Waals surface area contributed by atoms with Crippen LogP contribution in [0.2, 0.25) is 0 Å². The Bertz CT molecular complexity index is 745. The average molecular weight is 353 g/mol. The second-order valence-electron chi connectivity index (χ2n) is 6.60. The Labute approximate surface area is 153 Å². The van der Waals surface area contributed by atoms with E-state index in [4.69, 9.17) is 9.47 Å². The predicted octanol–water partition coefficient (Wildman–Crippen LogP) is 1.61. The van der Waals surface area contributed by atoms with Gasteiger partial charge < -0.3 is 14.4 Å².